The quantitative estimate of drug-likeness (QED) is 0.842. The predicted molar refractivity (Wildman–Crippen MR) is 74.6 cm³/mol. The van der Waals surface area contributed by atoms with Gasteiger partial charge in [-0.2, -0.15) is 0 Å². The normalized spacial score (nSPS) is 20.1. The van der Waals surface area contributed by atoms with Crippen LogP contribution in [0.1, 0.15) is 22.8 Å². The zero-order valence-electron chi connectivity index (χ0n) is 11.5. The first-order valence-electron chi connectivity index (χ1n) is 6.45. The van der Waals surface area contributed by atoms with Crippen LogP contribution in [0, 0.1) is 5.82 Å². The lowest BCUT2D eigenvalue weighted by molar-refractivity contribution is 0.0694. The highest BCUT2D eigenvalue weighted by Crippen LogP contribution is 2.43. The van der Waals surface area contributed by atoms with Crippen molar-refractivity contribution in [1.82, 2.24) is 4.57 Å². The summed E-state index contributed by atoms with van der Waals surface area (Å²) in [5, 5.41) is 8.82. The summed E-state index contributed by atoms with van der Waals surface area (Å²) in [6.45, 7) is 0. The molecule has 0 radical (unpaired) electrons. The van der Waals surface area contributed by atoms with Crippen LogP contribution < -0.4 is 15.9 Å². The molecule has 1 aromatic heterocycles. The first-order chi connectivity index (χ1) is 10.4. The molecule has 0 saturated heterocycles. The molecule has 0 unspecified atom stereocenters. The summed E-state index contributed by atoms with van der Waals surface area (Å²) in [5.74, 6) is -2.39. The number of nitrogens with zero attached hydrogens (tertiary/aromatic N) is 1. The van der Waals surface area contributed by atoms with E-state index in [4.69, 9.17) is 15.6 Å². The number of hydrogen-bond acceptors (Lipinski definition) is 4. The van der Waals surface area contributed by atoms with E-state index in [9.17, 15) is 18.4 Å². The number of aromatic nitrogens is 1. The Kier molecular flexibility index (Phi) is 3.05. The minimum atomic E-state index is -1.49. The van der Waals surface area contributed by atoms with Crippen molar-refractivity contribution in [3.05, 3.63) is 33.9 Å². The number of carboxylic acid groups (broad SMARTS) is 1. The minimum Gasteiger partial charge on any atom is -0.494 e. The van der Waals surface area contributed by atoms with Gasteiger partial charge in [0.2, 0.25) is 5.43 Å². The monoisotopic (exact) mass is 310 g/mol. The molecular weight excluding hydrogens is 298 g/mol. The van der Waals surface area contributed by atoms with Crippen LogP contribution in [0.3, 0.4) is 0 Å². The molecule has 116 valence electrons. The molecule has 1 aromatic carbocycles. The van der Waals surface area contributed by atoms with Gasteiger partial charge in [-0.05, 0) is 0 Å². The number of carboxylic acids is 1. The smallest absolute Gasteiger partial charge is 0.341 e. The molecule has 0 spiro atoms. The summed E-state index contributed by atoms with van der Waals surface area (Å²) in [6.07, 6.45) is 0.0671. The van der Waals surface area contributed by atoms with Crippen LogP contribution in [0.4, 0.5) is 14.5 Å². The summed E-state index contributed by atoms with van der Waals surface area (Å²) >= 11 is 0. The van der Waals surface area contributed by atoms with Gasteiger partial charge in [0.15, 0.2) is 5.82 Å². The van der Waals surface area contributed by atoms with Gasteiger partial charge >= 0.3 is 5.97 Å². The molecule has 1 saturated carbocycles. The number of methoxy groups -OCH3 is 1. The zero-order valence-corrected chi connectivity index (χ0v) is 11.5. The molecule has 1 heterocycles. The average molecular weight is 310 g/mol. The van der Waals surface area contributed by atoms with E-state index in [-0.39, 0.29) is 23.1 Å². The van der Waals surface area contributed by atoms with Crippen molar-refractivity contribution in [3.63, 3.8) is 0 Å². The maximum Gasteiger partial charge on any atom is 0.341 e. The van der Waals surface area contributed by atoms with Crippen LogP contribution in [0.5, 0.6) is 5.75 Å². The molecule has 1 fully saturated rings. The molecule has 3 N–H and O–H groups in total. The number of benzene rings is 1. The van der Waals surface area contributed by atoms with Gasteiger partial charge in [0.25, 0.3) is 0 Å². The molecule has 3 rings (SSSR count). The largest absolute Gasteiger partial charge is 0.494 e. The van der Waals surface area contributed by atoms with Gasteiger partial charge < -0.3 is 20.1 Å². The van der Waals surface area contributed by atoms with Crippen LogP contribution in [0.2, 0.25) is 0 Å². The Balaban J connectivity index is 2.52. The highest BCUT2D eigenvalue weighted by molar-refractivity contribution is 5.99. The third-order valence-corrected chi connectivity index (χ3v) is 3.74. The lowest BCUT2D eigenvalue weighted by atomic mass is 10.1. The predicted octanol–water partition coefficient (Wildman–Crippen LogP) is 1.71. The van der Waals surface area contributed by atoms with E-state index in [1.165, 1.54) is 11.7 Å². The summed E-state index contributed by atoms with van der Waals surface area (Å²) < 4.78 is 33.6. The number of rotatable bonds is 3. The third kappa shape index (κ3) is 1.91. The zero-order chi connectivity index (χ0) is 16.2. The van der Waals surface area contributed by atoms with Gasteiger partial charge in [0.05, 0.1) is 29.7 Å². The highest BCUT2D eigenvalue weighted by Gasteiger charge is 2.41. The molecule has 0 aliphatic heterocycles. The van der Waals surface area contributed by atoms with Gasteiger partial charge in [-0.1, -0.05) is 0 Å². The lowest BCUT2D eigenvalue weighted by Gasteiger charge is -2.16. The molecule has 6 nitrogen and oxygen atoms in total. The average Bonchev–Trinajstić information content (AvgIpc) is 3.19. The molecule has 1 aliphatic carbocycles. The number of hydrogen-bond donors (Lipinski definition) is 2. The van der Waals surface area contributed by atoms with Crippen molar-refractivity contribution >= 4 is 22.6 Å². The summed E-state index contributed by atoms with van der Waals surface area (Å²) in [6, 6.07) is 0.365. The van der Waals surface area contributed by atoms with Gasteiger partial charge in [-0.25, -0.2) is 13.6 Å². The summed E-state index contributed by atoms with van der Waals surface area (Å²) in [7, 11) is 1.27. The van der Waals surface area contributed by atoms with Crippen molar-refractivity contribution in [2.75, 3.05) is 12.8 Å². The molecule has 22 heavy (non-hydrogen) atoms. The maximum atomic E-state index is 13.9. The number of pyridine rings is 1. The minimum absolute atomic E-state index is 0.00478. The van der Waals surface area contributed by atoms with Gasteiger partial charge in [-0.3, -0.25) is 4.79 Å². The number of nitrogen functional groups attached to an aromatic ring is 1. The Bertz CT molecular complexity index is 862. The van der Waals surface area contributed by atoms with Crippen LogP contribution >= 0.6 is 0 Å². The maximum absolute atomic E-state index is 13.9. The Morgan fingerprint density at radius 3 is 2.68 bits per heavy atom. The molecule has 1 aliphatic rings. The molecule has 2 aromatic rings. The Hall–Kier alpha value is -2.64. The van der Waals surface area contributed by atoms with Crippen LogP contribution in [-0.4, -0.2) is 28.9 Å². The van der Waals surface area contributed by atoms with E-state index < -0.39 is 40.7 Å². The van der Waals surface area contributed by atoms with Gasteiger partial charge in [0, 0.05) is 18.7 Å². The fourth-order valence-electron chi connectivity index (χ4n) is 2.52. The van der Waals surface area contributed by atoms with Crippen molar-refractivity contribution in [3.8, 4) is 5.75 Å². The van der Waals surface area contributed by atoms with Gasteiger partial charge in [-0.15, -0.1) is 0 Å². The number of fused-ring (bicyclic) bond motifs is 1. The fraction of sp³-hybridized carbons (Fsp3) is 0.286. The van der Waals surface area contributed by atoms with Crippen LogP contribution in [-0.2, 0) is 0 Å². The third-order valence-electron chi connectivity index (χ3n) is 3.74. The molecule has 8 heteroatoms. The molecule has 2 atom stereocenters. The van der Waals surface area contributed by atoms with Crippen molar-refractivity contribution < 1.29 is 23.4 Å². The number of alkyl halides is 1. The number of anilines is 1. The van der Waals surface area contributed by atoms with Crippen molar-refractivity contribution in [1.29, 1.82) is 0 Å². The second-order valence-electron chi connectivity index (χ2n) is 5.10. The van der Waals surface area contributed by atoms with E-state index in [0.717, 1.165) is 12.3 Å². The standard InChI is InChI=1S/C14H12F2N2O4/c1-22-9-3-7(16)11(17)10-12(9)18(8-2-6(8)15)4-5(13(10)19)14(20)21/h3-4,6,8H,2,17H2,1H3,(H,20,21)/t6-,8+/m0/s1. The van der Waals surface area contributed by atoms with Crippen molar-refractivity contribution in [2.24, 2.45) is 0 Å². The number of carbonyl (C=O) groups is 1. The number of aromatic carboxylic acids is 1. The second-order valence-corrected chi connectivity index (χ2v) is 5.10. The van der Waals surface area contributed by atoms with E-state index >= 15 is 0 Å². The number of nitrogens with two attached hydrogens (primary N) is 1. The molecule has 0 bridgehead atoms. The number of ether oxygens (including phenoxy) is 1. The first kappa shape index (κ1) is 14.3. The van der Waals surface area contributed by atoms with E-state index in [0.29, 0.717) is 0 Å². The topological polar surface area (TPSA) is 94.6 Å². The SMILES string of the molecule is COc1cc(F)c(N)c2c(=O)c(C(=O)O)cn([C@@H]3C[C@@H]3F)c12. The van der Waals surface area contributed by atoms with E-state index in [2.05, 4.69) is 0 Å². The Labute approximate surface area is 122 Å². The Morgan fingerprint density at radius 1 is 1.55 bits per heavy atom. The van der Waals surface area contributed by atoms with E-state index in [1.807, 2.05) is 0 Å². The molecule has 0 amide bonds. The van der Waals surface area contributed by atoms with Crippen molar-refractivity contribution in [2.45, 2.75) is 18.6 Å². The fourth-order valence-corrected chi connectivity index (χ4v) is 2.52. The highest BCUT2D eigenvalue weighted by atomic mass is 19.1. The molecular formula is C14H12F2N2O4. The van der Waals surface area contributed by atoms with Crippen LogP contribution in [0.25, 0.3) is 10.9 Å². The van der Waals surface area contributed by atoms with Gasteiger partial charge in [0.1, 0.15) is 17.5 Å². The number of halogens is 2. The Morgan fingerprint density at radius 2 is 2.18 bits per heavy atom. The second kappa shape index (κ2) is 4.69. The lowest BCUT2D eigenvalue weighted by Crippen LogP contribution is -2.21. The summed E-state index contributed by atoms with van der Waals surface area (Å²) in [4.78, 5) is 23.5. The summed E-state index contributed by atoms with van der Waals surface area (Å²) in [5.41, 5.74) is 3.71. The van der Waals surface area contributed by atoms with Crippen LogP contribution in [0.15, 0.2) is 17.1 Å². The van der Waals surface area contributed by atoms with E-state index in [1.54, 1.807) is 0 Å². The first-order valence-corrected chi connectivity index (χ1v) is 6.45.